The molecule has 154 valence electrons. The first-order valence-electron chi connectivity index (χ1n) is 11.2. The highest BCUT2D eigenvalue weighted by atomic mass is 16.5. The standard InChI is InChI=1S/C25H37NO2/c1-17(16-26(3)4)28-14-12-19-6-10-24-23-8-5-18-15-20(27)7-9-21(18)22(23)11-13-25(19,24)2/h7,9,12,15,17,22-24,27H,5-6,8,10-11,13-14,16H2,1-4H3/b19-12+. The number of fused-ring (bicyclic) bond motifs is 5. The van der Waals surface area contributed by atoms with Crippen molar-refractivity contribution < 1.29 is 9.84 Å². The second-order valence-electron chi connectivity index (χ2n) is 9.93. The lowest BCUT2D eigenvalue weighted by atomic mass is 9.55. The van der Waals surface area contributed by atoms with Crippen molar-refractivity contribution in [1.82, 2.24) is 4.90 Å². The minimum atomic E-state index is 0.277. The summed E-state index contributed by atoms with van der Waals surface area (Å²) in [6.07, 6.45) is 10.3. The van der Waals surface area contributed by atoms with Gasteiger partial charge in [-0.2, -0.15) is 0 Å². The molecular formula is C25H37NO2. The number of allylic oxidation sites excluding steroid dienone is 1. The summed E-state index contributed by atoms with van der Waals surface area (Å²) in [6.45, 7) is 6.42. The largest absolute Gasteiger partial charge is 0.508 e. The molecule has 3 aliphatic carbocycles. The number of phenolic OH excluding ortho intramolecular Hbond substituents is 1. The van der Waals surface area contributed by atoms with Crippen LogP contribution < -0.4 is 0 Å². The van der Waals surface area contributed by atoms with Crippen LogP contribution in [0.15, 0.2) is 29.8 Å². The van der Waals surface area contributed by atoms with Gasteiger partial charge in [-0.05, 0) is 106 Å². The van der Waals surface area contributed by atoms with Crippen molar-refractivity contribution in [2.45, 2.75) is 64.4 Å². The topological polar surface area (TPSA) is 32.7 Å². The van der Waals surface area contributed by atoms with Crippen LogP contribution in [-0.4, -0.2) is 43.4 Å². The molecule has 3 nitrogen and oxygen atoms in total. The Morgan fingerprint density at radius 3 is 2.86 bits per heavy atom. The second-order valence-corrected chi connectivity index (χ2v) is 9.93. The van der Waals surface area contributed by atoms with Gasteiger partial charge in [0.05, 0.1) is 12.7 Å². The Kier molecular flexibility index (Phi) is 5.59. The highest BCUT2D eigenvalue weighted by molar-refractivity contribution is 5.40. The maximum atomic E-state index is 9.86. The average Bonchev–Trinajstić information content (AvgIpc) is 2.97. The number of aromatic hydroxyl groups is 1. The number of likely N-dealkylation sites (N-methyl/N-ethyl adjacent to an activating group) is 1. The van der Waals surface area contributed by atoms with Gasteiger partial charge in [0.2, 0.25) is 0 Å². The quantitative estimate of drug-likeness (QED) is 0.715. The van der Waals surface area contributed by atoms with Crippen molar-refractivity contribution in [3.05, 3.63) is 41.0 Å². The SMILES string of the molecule is CC(CN(C)C)OC/C=C1\CCC2C3CCc4cc(O)ccc4C3CCC12C. The van der Waals surface area contributed by atoms with Crippen LogP contribution in [0.3, 0.4) is 0 Å². The molecule has 5 unspecified atom stereocenters. The minimum Gasteiger partial charge on any atom is -0.508 e. The molecule has 0 aromatic heterocycles. The van der Waals surface area contributed by atoms with Gasteiger partial charge in [0.25, 0.3) is 0 Å². The predicted molar refractivity (Wildman–Crippen MR) is 115 cm³/mol. The summed E-state index contributed by atoms with van der Waals surface area (Å²) in [7, 11) is 4.20. The van der Waals surface area contributed by atoms with Gasteiger partial charge in [0.1, 0.15) is 5.75 Å². The smallest absolute Gasteiger partial charge is 0.115 e. The zero-order valence-electron chi connectivity index (χ0n) is 18.1. The molecule has 2 saturated carbocycles. The van der Waals surface area contributed by atoms with E-state index in [-0.39, 0.29) is 6.10 Å². The van der Waals surface area contributed by atoms with E-state index in [2.05, 4.69) is 45.0 Å². The van der Waals surface area contributed by atoms with Crippen LogP contribution in [-0.2, 0) is 11.2 Å². The Morgan fingerprint density at radius 1 is 1.25 bits per heavy atom. The predicted octanol–water partition coefficient (Wildman–Crippen LogP) is 5.14. The first kappa shape index (κ1) is 20.0. The molecule has 28 heavy (non-hydrogen) atoms. The van der Waals surface area contributed by atoms with Crippen LogP contribution in [0.2, 0.25) is 0 Å². The average molecular weight is 384 g/mol. The first-order chi connectivity index (χ1) is 13.4. The number of rotatable bonds is 5. The molecule has 1 N–H and O–H groups in total. The number of aryl methyl sites for hydroxylation is 1. The lowest BCUT2D eigenvalue weighted by molar-refractivity contribution is 0.0636. The molecule has 3 aliphatic rings. The highest BCUT2D eigenvalue weighted by Gasteiger charge is 2.52. The fourth-order valence-electron chi connectivity index (χ4n) is 6.63. The molecule has 0 saturated heterocycles. The maximum absolute atomic E-state index is 9.86. The van der Waals surface area contributed by atoms with E-state index >= 15 is 0 Å². The lowest BCUT2D eigenvalue weighted by Gasteiger charge is -2.49. The molecule has 1 aromatic carbocycles. The Morgan fingerprint density at radius 2 is 2.07 bits per heavy atom. The zero-order valence-corrected chi connectivity index (χ0v) is 18.1. The van der Waals surface area contributed by atoms with Gasteiger partial charge >= 0.3 is 0 Å². The van der Waals surface area contributed by atoms with E-state index in [9.17, 15) is 5.11 Å². The molecule has 0 heterocycles. The minimum absolute atomic E-state index is 0.277. The van der Waals surface area contributed by atoms with Gasteiger partial charge < -0.3 is 14.7 Å². The monoisotopic (exact) mass is 383 g/mol. The molecule has 4 rings (SSSR count). The maximum Gasteiger partial charge on any atom is 0.115 e. The molecule has 0 amide bonds. The fraction of sp³-hybridized carbons (Fsp3) is 0.680. The Hall–Kier alpha value is -1.32. The third-order valence-corrected chi connectivity index (χ3v) is 7.89. The first-order valence-corrected chi connectivity index (χ1v) is 11.2. The molecule has 3 heteroatoms. The summed E-state index contributed by atoms with van der Waals surface area (Å²) < 4.78 is 6.06. The number of nitrogens with zero attached hydrogens (tertiary/aromatic N) is 1. The molecule has 1 aromatic rings. The normalized spacial score (nSPS) is 34.2. The number of benzene rings is 1. The molecule has 5 atom stereocenters. The van der Waals surface area contributed by atoms with E-state index in [0.717, 1.165) is 31.4 Å². The second kappa shape index (κ2) is 7.84. The van der Waals surface area contributed by atoms with Crippen LogP contribution in [0.4, 0.5) is 0 Å². The van der Waals surface area contributed by atoms with Gasteiger partial charge in [0.15, 0.2) is 0 Å². The van der Waals surface area contributed by atoms with Crippen molar-refractivity contribution >= 4 is 0 Å². The summed E-state index contributed by atoms with van der Waals surface area (Å²) in [6, 6.07) is 6.10. The van der Waals surface area contributed by atoms with Crippen LogP contribution >= 0.6 is 0 Å². The Balaban J connectivity index is 1.46. The molecule has 0 spiro atoms. The third-order valence-electron chi connectivity index (χ3n) is 7.89. The van der Waals surface area contributed by atoms with Gasteiger partial charge in [0, 0.05) is 6.54 Å². The molecule has 0 bridgehead atoms. The van der Waals surface area contributed by atoms with Crippen molar-refractivity contribution in [2.24, 2.45) is 17.3 Å². The summed E-state index contributed by atoms with van der Waals surface area (Å²) in [5, 5.41) is 9.86. The van der Waals surface area contributed by atoms with Gasteiger partial charge in [-0.15, -0.1) is 0 Å². The van der Waals surface area contributed by atoms with Crippen molar-refractivity contribution in [3.63, 3.8) is 0 Å². The molecule has 0 aliphatic heterocycles. The van der Waals surface area contributed by atoms with E-state index in [1.54, 1.807) is 5.57 Å². The highest BCUT2D eigenvalue weighted by Crippen LogP contribution is 2.62. The van der Waals surface area contributed by atoms with E-state index < -0.39 is 0 Å². The van der Waals surface area contributed by atoms with Crippen LogP contribution in [0.25, 0.3) is 0 Å². The van der Waals surface area contributed by atoms with E-state index in [1.165, 1.54) is 43.2 Å². The molecule has 0 radical (unpaired) electrons. The van der Waals surface area contributed by atoms with Gasteiger partial charge in [-0.3, -0.25) is 0 Å². The fourth-order valence-corrected chi connectivity index (χ4v) is 6.63. The molecular weight excluding hydrogens is 346 g/mol. The lowest BCUT2D eigenvalue weighted by Crippen LogP contribution is -2.40. The summed E-state index contributed by atoms with van der Waals surface area (Å²) in [5.74, 6) is 2.72. The van der Waals surface area contributed by atoms with E-state index in [4.69, 9.17) is 4.74 Å². The van der Waals surface area contributed by atoms with Crippen LogP contribution in [0, 0.1) is 17.3 Å². The van der Waals surface area contributed by atoms with E-state index in [0.29, 0.717) is 17.1 Å². The van der Waals surface area contributed by atoms with Crippen LogP contribution in [0.5, 0.6) is 5.75 Å². The Labute approximate surface area is 170 Å². The van der Waals surface area contributed by atoms with Crippen molar-refractivity contribution in [2.75, 3.05) is 27.2 Å². The number of phenols is 1. The summed E-state index contributed by atoms with van der Waals surface area (Å²) in [4.78, 5) is 2.19. The van der Waals surface area contributed by atoms with Crippen LogP contribution in [0.1, 0.15) is 63.0 Å². The summed E-state index contributed by atoms with van der Waals surface area (Å²) >= 11 is 0. The van der Waals surface area contributed by atoms with Gasteiger partial charge in [-0.1, -0.05) is 24.6 Å². The summed E-state index contributed by atoms with van der Waals surface area (Å²) in [5.41, 5.74) is 4.93. The van der Waals surface area contributed by atoms with Crippen molar-refractivity contribution in [3.8, 4) is 5.75 Å². The number of hydrogen-bond donors (Lipinski definition) is 1. The third kappa shape index (κ3) is 3.64. The number of hydrogen-bond acceptors (Lipinski definition) is 3. The Bertz CT molecular complexity index is 740. The van der Waals surface area contributed by atoms with E-state index in [1.807, 2.05) is 12.1 Å². The number of ether oxygens (including phenoxy) is 1. The van der Waals surface area contributed by atoms with Crippen molar-refractivity contribution in [1.29, 1.82) is 0 Å². The molecule has 2 fully saturated rings. The zero-order chi connectivity index (χ0) is 19.9. The van der Waals surface area contributed by atoms with Gasteiger partial charge in [-0.25, -0.2) is 0 Å².